The van der Waals surface area contributed by atoms with Gasteiger partial charge in [-0.05, 0) is 5.56 Å². The molecule has 3 rings (SSSR count). The molecule has 6 heteroatoms. The van der Waals surface area contributed by atoms with E-state index in [4.69, 9.17) is 4.74 Å². The number of hydrogen-bond acceptors (Lipinski definition) is 3. The SMILES string of the molecule is OC1(C(F)(F)F)[C@@H]2COC[C@H]1CN(Cc1ccccc1)C2. The first kappa shape index (κ1) is 14.8. The molecule has 1 aromatic carbocycles. The van der Waals surface area contributed by atoms with Gasteiger partial charge in [-0.3, -0.25) is 4.90 Å². The maximum atomic E-state index is 13.3. The van der Waals surface area contributed by atoms with E-state index in [9.17, 15) is 18.3 Å². The first-order valence-corrected chi connectivity index (χ1v) is 7.04. The molecule has 0 aromatic heterocycles. The summed E-state index contributed by atoms with van der Waals surface area (Å²) in [5, 5.41) is 10.2. The Morgan fingerprint density at radius 3 is 2.24 bits per heavy atom. The summed E-state index contributed by atoms with van der Waals surface area (Å²) in [6.07, 6.45) is -4.61. The van der Waals surface area contributed by atoms with Gasteiger partial charge in [-0.15, -0.1) is 0 Å². The van der Waals surface area contributed by atoms with Crippen LogP contribution in [0.2, 0.25) is 0 Å². The van der Waals surface area contributed by atoms with Crippen molar-refractivity contribution in [1.82, 2.24) is 4.90 Å². The number of nitrogens with zero attached hydrogens (tertiary/aromatic N) is 1. The van der Waals surface area contributed by atoms with Crippen LogP contribution in [0.1, 0.15) is 5.56 Å². The van der Waals surface area contributed by atoms with Gasteiger partial charge in [0.1, 0.15) is 0 Å². The number of alkyl halides is 3. The first-order chi connectivity index (χ1) is 9.91. The van der Waals surface area contributed by atoms with Crippen molar-refractivity contribution in [2.75, 3.05) is 26.3 Å². The molecule has 2 heterocycles. The number of ether oxygens (including phenoxy) is 1. The molecule has 0 saturated carbocycles. The Kier molecular flexibility index (Phi) is 3.71. The van der Waals surface area contributed by atoms with Gasteiger partial charge in [-0.2, -0.15) is 13.2 Å². The zero-order valence-electron chi connectivity index (χ0n) is 11.5. The Morgan fingerprint density at radius 2 is 1.71 bits per heavy atom. The largest absolute Gasteiger partial charge is 0.418 e. The van der Waals surface area contributed by atoms with Gasteiger partial charge in [0.25, 0.3) is 0 Å². The van der Waals surface area contributed by atoms with E-state index in [0.29, 0.717) is 6.54 Å². The second-order valence-electron chi connectivity index (χ2n) is 5.93. The van der Waals surface area contributed by atoms with Crippen LogP contribution in [0, 0.1) is 11.8 Å². The number of hydrogen-bond donors (Lipinski definition) is 1. The highest BCUT2D eigenvalue weighted by molar-refractivity contribution is 5.15. The quantitative estimate of drug-likeness (QED) is 0.907. The Morgan fingerprint density at radius 1 is 1.14 bits per heavy atom. The number of aliphatic hydroxyl groups is 1. The van der Waals surface area contributed by atoms with Crippen molar-refractivity contribution >= 4 is 0 Å². The molecule has 2 fully saturated rings. The lowest BCUT2D eigenvalue weighted by Gasteiger charge is -2.52. The average molecular weight is 301 g/mol. The van der Waals surface area contributed by atoms with Gasteiger partial charge in [0.2, 0.25) is 0 Å². The summed E-state index contributed by atoms with van der Waals surface area (Å²) in [5.41, 5.74) is -1.55. The summed E-state index contributed by atoms with van der Waals surface area (Å²) < 4.78 is 45.1. The molecule has 2 saturated heterocycles. The van der Waals surface area contributed by atoms with Crippen LogP contribution in [0.5, 0.6) is 0 Å². The molecule has 3 nitrogen and oxygen atoms in total. The normalized spacial score (nSPS) is 33.9. The molecule has 0 radical (unpaired) electrons. The van der Waals surface area contributed by atoms with Gasteiger partial charge in [-0.1, -0.05) is 30.3 Å². The van der Waals surface area contributed by atoms with Crippen molar-refractivity contribution in [3.05, 3.63) is 35.9 Å². The predicted octanol–water partition coefficient (Wildman–Crippen LogP) is 2.06. The molecular formula is C15H18F3NO2. The third-order valence-electron chi connectivity index (χ3n) is 4.54. The molecule has 0 amide bonds. The van der Waals surface area contributed by atoms with Crippen LogP contribution in [-0.2, 0) is 11.3 Å². The lowest BCUT2D eigenvalue weighted by atomic mass is 9.71. The summed E-state index contributed by atoms with van der Waals surface area (Å²) in [6.45, 7) is 0.903. The molecule has 1 unspecified atom stereocenters. The molecule has 0 aliphatic carbocycles. The Balaban J connectivity index is 1.78. The van der Waals surface area contributed by atoms with Crippen molar-refractivity contribution in [3.63, 3.8) is 0 Å². The van der Waals surface area contributed by atoms with Gasteiger partial charge < -0.3 is 9.84 Å². The van der Waals surface area contributed by atoms with Crippen molar-refractivity contribution in [2.45, 2.75) is 18.3 Å². The number of likely N-dealkylation sites (tertiary alicyclic amines) is 1. The van der Waals surface area contributed by atoms with Crippen LogP contribution in [0.4, 0.5) is 13.2 Å². The van der Waals surface area contributed by atoms with E-state index in [0.717, 1.165) is 5.56 Å². The van der Waals surface area contributed by atoms with Crippen LogP contribution in [0.15, 0.2) is 30.3 Å². The topological polar surface area (TPSA) is 32.7 Å². The predicted molar refractivity (Wildman–Crippen MR) is 70.5 cm³/mol. The molecular weight excluding hydrogens is 283 g/mol. The molecule has 2 aliphatic rings. The minimum absolute atomic E-state index is 0.0438. The lowest BCUT2D eigenvalue weighted by Crippen LogP contribution is -2.69. The van der Waals surface area contributed by atoms with Gasteiger partial charge >= 0.3 is 6.18 Å². The monoisotopic (exact) mass is 301 g/mol. The summed E-state index contributed by atoms with van der Waals surface area (Å²) in [6, 6.07) is 9.64. The summed E-state index contributed by atoms with van der Waals surface area (Å²) >= 11 is 0. The van der Waals surface area contributed by atoms with Crippen LogP contribution >= 0.6 is 0 Å². The molecule has 3 atom stereocenters. The highest BCUT2D eigenvalue weighted by Gasteiger charge is 2.66. The maximum Gasteiger partial charge on any atom is 0.418 e. The molecule has 1 aromatic rings. The highest BCUT2D eigenvalue weighted by atomic mass is 19.4. The van der Waals surface area contributed by atoms with Gasteiger partial charge in [0.05, 0.1) is 13.2 Å². The number of rotatable bonds is 2. The number of fused-ring (bicyclic) bond motifs is 2. The van der Waals surface area contributed by atoms with E-state index in [1.807, 2.05) is 35.2 Å². The minimum Gasteiger partial charge on any atom is -0.381 e. The molecule has 2 aliphatic heterocycles. The van der Waals surface area contributed by atoms with E-state index >= 15 is 0 Å². The number of halogens is 3. The fraction of sp³-hybridized carbons (Fsp3) is 0.600. The van der Waals surface area contributed by atoms with Crippen LogP contribution in [-0.4, -0.2) is 48.1 Å². The first-order valence-electron chi connectivity index (χ1n) is 7.04. The van der Waals surface area contributed by atoms with E-state index in [1.54, 1.807) is 0 Å². The second kappa shape index (κ2) is 5.26. The minimum atomic E-state index is -4.61. The van der Waals surface area contributed by atoms with Crippen LogP contribution in [0.3, 0.4) is 0 Å². The third-order valence-corrected chi connectivity index (χ3v) is 4.54. The van der Waals surface area contributed by atoms with Gasteiger partial charge in [0, 0.05) is 31.5 Å². The van der Waals surface area contributed by atoms with Gasteiger partial charge in [0.15, 0.2) is 5.60 Å². The van der Waals surface area contributed by atoms with Crippen molar-refractivity contribution in [1.29, 1.82) is 0 Å². The van der Waals surface area contributed by atoms with Crippen molar-refractivity contribution < 1.29 is 23.0 Å². The van der Waals surface area contributed by atoms with E-state index < -0.39 is 23.6 Å². The molecule has 116 valence electrons. The summed E-state index contributed by atoms with van der Waals surface area (Å²) in [5.74, 6) is -1.84. The summed E-state index contributed by atoms with van der Waals surface area (Å²) in [4.78, 5) is 1.98. The molecule has 1 N–H and O–H groups in total. The van der Waals surface area contributed by atoms with Crippen LogP contribution in [0.25, 0.3) is 0 Å². The molecule has 0 spiro atoms. The second-order valence-corrected chi connectivity index (χ2v) is 5.93. The Hall–Kier alpha value is -1.11. The van der Waals surface area contributed by atoms with E-state index in [-0.39, 0.29) is 26.3 Å². The Labute approximate surface area is 121 Å². The lowest BCUT2D eigenvalue weighted by molar-refractivity contribution is -0.336. The average Bonchev–Trinajstić information content (AvgIpc) is 2.40. The summed E-state index contributed by atoms with van der Waals surface area (Å²) in [7, 11) is 0. The van der Waals surface area contributed by atoms with Gasteiger partial charge in [-0.25, -0.2) is 0 Å². The maximum absolute atomic E-state index is 13.3. The number of piperidine rings is 1. The van der Waals surface area contributed by atoms with E-state index in [2.05, 4.69) is 0 Å². The highest BCUT2D eigenvalue weighted by Crippen LogP contribution is 2.47. The fourth-order valence-corrected chi connectivity index (χ4v) is 3.46. The fourth-order valence-electron chi connectivity index (χ4n) is 3.46. The third kappa shape index (κ3) is 2.56. The van der Waals surface area contributed by atoms with Crippen molar-refractivity contribution in [2.24, 2.45) is 11.8 Å². The Bertz CT molecular complexity index is 477. The zero-order valence-corrected chi connectivity index (χ0v) is 11.5. The molecule has 21 heavy (non-hydrogen) atoms. The van der Waals surface area contributed by atoms with Crippen molar-refractivity contribution in [3.8, 4) is 0 Å². The number of benzene rings is 1. The van der Waals surface area contributed by atoms with Crippen LogP contribution < -0.4 is 0 Å². The molecule has 2 bridgehead atoms. The van der Waals surface area contributed by atoms with E-state index in [1.165, 1.54) is 0 Å². The zero-order chi connectivity index (χ0) is 15.1. The smallest absolute Gasteiger partial charge is 0.381 e. The standard InChI is InChI=1S/C15H18F3NO2/c16-15(17,18)14(20)12-7-19(8-13(14)10-21-9-12)6-11-4-2-1-3-5-11/h1-5,12-13,20H,6-10H2/t12-,13+,14?.